The highest BCUT2D eigenvalue weighted by atomic mass is 16.2. The minimum atomic E-state index is 0.246. The molecule has 1 atom stereocenters. The van der Waals surface area contributed by atoms with E-state index in [0.29, 0.717) is 12.3 Å². The van der Waals surface area contributed by atoms with Crippen molar-refractivity contribution in [2.24, 2.45) is 0 Å². The first-order valence-electron chi connectivity index (χ1n) is 9.99. The van der Waals surface area contributed by atoms with Gasteiger partial charge in [0.25, 0.3) is 0 Å². The summed E-state index contributed by atoms with van der Waals surface area (Å²) in [5.41, 5.74) is 2.28. The molecule has 0 aliphatic carbocycles. The van der Waals surface area contributed by atoms with E-state index in [4.69, 9.17) is 4.98 Å². The maximum absolute atomic E-state index is 12.7. The van der Waals surface area contributed by atoms with Crippen LogP contribution in [0.1, 0.15) is 42.3 Å². The summed E-state index contributed by atoms with van der Waals surface area (Å²) in [4.78, 5) is 23.9. The van der Waals surface area contributed by atoms with Gasteiger partial charge in [0, 0.05) is 43.5 Å². The van der Waals surface area contributed by atoms with Crippen molar-refractivity contribution in [3.63, 3.8) is 0 Å². The number of carbonyl (C=O) groups excluding carboxylic acids is 1. The highest BCUT2D eigenvalue weighted by Gasteiger charge is 2.25. The molecular formula is C23H26N4O. The molecule has 0 N–H and O–H groups in total. The molecule has 1 saturated heterocycles. The third-order valence-corrected chi connectivity index (χ3v) is 5.49. The Kier molecular flexibility index (Phi) is 5.51. The average molecular weight is 374 g/mol. The van der Waals surface area contributed by atoms with E-state index >= 15 is 0 Å². The van der Waals surface area contributed by atoms with Crippen LogP contribution in [0.5, 0.6) is 0 Å². The first-order chi connectivity index (χ1) is 13.7. The second-order valence-corrected chi connectivity index (χ2v) is 7.43. The van der Waals surface area contributed by atoms with Crippen molar-refractivity contribution in [1.82, 2.24) is 19.4 Å². The van der Waals surface area contributed by atoms with Crippen LogP contribution in [0.15, 0.2) is 60.9 Å². The molecule has 0 bridgehead atoms. The quantitative estimate of drug-likeness (QED) is 0.680. The van der Waals surface area contributed by atoms with Crippen molar-refractivity contribution >= 4 is 5.91 Å². The largest absolute Gasteiger partial charge is 0.342 e. The molecule has 1 aliphatic heterocycles. The van der Waals surface area contributed by atoms with Gasteiger partial charge in [-0.3, -0.25) is 9.36 Å². The van der Waals surface area contributed by atoms with Crippen molar-refractivity contribution in [2.75, 3.05) is 13.1 Å². The number of aromatic nitrogens is 3. The van der Waals surface area contributed by atoms with Gasteiger partial charge in [0.1, 0.15) is 11.6 Å². The molecule has 28 heavy (non-hydrogen) atoms. The Labute approximate surface area is 166 Å². The lowest BCUT2D eigenvalue weighted by atomic mass is 9.94. The van der Waals surface area contributed by atoms with Crippen molar-refractivity contribution in [1.29, 1.82) is 0 Å². The van der Waals surface area contributed by atoms with Crippen LogP contribution in [0.25, 0.3) is 5.82 Å². The lowest BCUT2D eigenvalue weighted by molar-refractivity contribution is -0.132. The maximum Gasteiger partial charge on any atom is 0.222 e. The van der Waals surface area contributed by atoms with Crippen LogP contribution in [0.4, 0.5) is 0 Å². The van der Waals surface area contributed by atoms with E-state index in [9.17, 15) is 4.79 Å². The smallest absolute Gasteiger partial charge is 0.222 e. The van der Waals surface area contributed by atoms with Crippen molar-refractivity contribution in [3.8, 4) is 5.82 Å². The molecule has 3 aromatic rings. The summed E-state index contributed by atoms with van der Waals surface area (Å²) < 4.78 is 2.00. The number of aryl methyl sites for hydroxylation is 2. The van der Waals surface area contributed by atoms with Gasteiger partial charge < -0.3 is 4.90 Å². The normalized spacial score (nSPS) is 16.9. The molecule has 2 aromatic heterocycles. The number of likely N-dealkylation sites (tertiary alicyclic amines) is 1. The van der Waals surface area contributed by atoms with Gasteiger partial charge in [-0.2, -0.15) is 0 Å². The molecule has 1 unspecified atom stereocenters. The number of piperidine rings is 1. The van der Waals surface area contributed by atoms with Crippen molar-refractivity contribution in [3.05, 3.63) is 78.0 Å². The Balaban J connectivity index is 1.42. The Morgan fingerprint density at radius 1 is 1.14 bits per heavy atom. The maximum atomic E-state index is 12.7. The van der Waals surface area contributed by atoms with Gasteiger partial charge in [-0.1, -0.05) is 36.4 Å². The SMILES string of the molecule is Cc1nccn1-c1cccc(C2CCCN(C(=O)CCc3ccccc3)C2)n1. The number of rotatable bonds is 5. The molecule has 1 aromatic carbocycles. The lowest BCUT2D eigenvalue weighted by Crippen LogP contribution is -2.39. The molecule has 144 valence electrons. The van der Waals surface area contributed by atoms with Gasteiger partial charge in [-0.05, 0) is 43.9 Å². The zero-order valence-corrected chi connectivity index (χ0v) is 16.3. The summed E-state index contributed by atoms with van der Waals surface area (Å²) in [5, 5.41) is 0. The molecule has 1 aliphatic rings. The van der Waals surface area contributed by atoms with Gasteiger partial charge in [0.05, 0.1) is 0 Å². The molecule has 4 rings (SSSR count). The highest BCUT2D eigenvalue weighted by Crippen LogP contribution is 2.27. The number of pyridine rings is 1. The summed E-state index contributed by atoms with van der Waals surface area (Å²) in [5.74, 6) is 2.35. The number of nitrogens with zero attached hydrogens (tertiary/aromatic N) is 4. The molecule has 0 saturated carbocycles. The molecule has 1 amide bonds. The van der Waals surface area contributed by atoms with Gasteiger partial charge in [0.2, 0.25) is 5.91 Å². The Hall–Kier alpha value is -2.95. The van der Waals surface area contributed by atoms with Crippen molar-refractivity contribution in [2.45, 2.75) is 38.5 Å². The highest BCUT2D eigenvalue weighted by molar-refractivity contribution is 5.76. The summed E-state index contributed by atoms with van der Waals surface area (Å²) in [6.07, 6.45) is 7.19. The standard InChI is InChI=1S/C23H26N4O/c1-18-24-14-16-27(18)22-11-5-10-21(25-22)20-9-6-15-26(17-20)23(28)13-12-19-7-3-2-4-8-19/h2-5,7-8,10-11,14,16,20H,6,9,12-13,15,17H2,1H3. The van der Waals surface area contributed by atoms with E-state index in [1.165, 1.54) is 5.56 Å². The molecule has 3 heterocycles. The van der Waals surface area contributed by atoms with Gasteiger partial charge in [0.15, 0.2) is 0 Å². The van der Waals surface area contributed by atoms with Crippen LogP contribution in [-0.4, -0.2) is 38.4 Å². The number of hydrogen-bond donors (Lipinski definition) is 0. The molecule has 0 radical (unpaired) electrons. The number of hydrogen-bond acceptors (Lipinski definition) is 3. The van der Waals surface area contributed by atoms with Gasteiger partial charge >= 0.3 is 0 Å². The second kappa shape index (κ2) is 8.38. The van der Waals surface area contributed by atoms with E-state index in [2.05, 4.69) is 23.2 Å². The molecule has 5 nitrogen and oxygen atoms in total. The third kappa shape index (κ3) is 4.14. The fourth-order valence-corrected chi connectivity index (χ4v) is 3.92. The molecule has 0 spiro atoms. The number of benzene rings is 1. The van der Waals surface area contributed by atoms with Crippen LogP contribution in [0.3, 0.4) is 0 Å². The van der Waals surface area contributed by atoms with Crippen LogP contribution in [-0.2, 0) is 11.2 Å². The van der Waals surface area contributed by atoms with E-state index in [0.717, 1.165) is 49.7 Å². The zero-order valence-electron chi connectivity index (χ0n) is 16.3. The monoisotopic (exact) mass is 374 g/mol. The lowest BCUT2D eigenvalue weighted by Gasteiger charge is -2.32. The van der Waals surface area contributed by atoms with E-state index in [-0.39, 0.29) is 5.91 Å². The van der Waals surface area contributed by atoms with Gasteiger partial charge in [-0.25, -0.2) is 9.97 Å². The molecule has 1 fully saturated rings. The first kappa shape index (κ1) is 18.4. The van der Waals surface area contributed by atoms with E-state index in [1.807, 2.05) is 52.9 Å². The summed E-state index contributed by atoms with van der Waals surface area (Å²) in [7, 11) is 0. The van der Waals surface area contributed by atoms with Crippen LogP contribution < -0.4 is 0 Å². The minimum absolute atomic E-state index is 0.246. The molecule has 5 heteroatoms. The van der Waals surface area contributed by atoms with Crippen LogP contribution in [0, 0.1) is 6.92 Å². The number of carbonyl (C=O) groups is 1. The van der Waals surface area contributed by atoms with Crippen LogP contribution >= 0.6 is 0 Å². The molecular weight excluding hydrogens is 348 g/mol. The Morgan fingerprint density at radius 3 is 2.79 bits per heavy atom. The average Bonchev–Trinajstić information content (AvgIpc) is 3.19. The zero-order chi connectivity index (χ0) is 19.3. The number of amides is 1. The predicted octanol–water partition coefficient (Wildman–Crippen LogP) is 3.91. The summed E-state index contributed by atoms with van der Waals surface area (Å²) in [6, 6.07) is 16.4. The van der Waals surface area contributed by atoms with E-state index in [1.54, 1.807) is 6.20 Å². The predicted molar refractivity (Wildman–Crippen MR) is 109 cm³/mol. The number of imidazole rings is 1. The summed E-state index contributed by atoms with van der Waals surface area (Å²) >= 11 is 0. The second-order valence-electron chi connectivity index (χ2n) is 7.43. The fraction of sp³-hybridized carbons (Fsp3) is 0.348. The topological polar surface area (TPSA) is 51.0 Å². The Bertz CT molecular complexity index is 935. The summed E-state index contributed by atoms with van der Waals surface area (Å²) in [6.45, 7) is 3.58. The van der Waals surface area contributed by atoms with Gasteiger partial charge in [-0.15, -0.1) is 0 Å². The van der Waals surface area contributed by atoms with Crippen molar-refractivity contribution < 1.29 is 4.79 Å². The van der Waals surface area contributed by atoms with E-state index < -0.39 is 0 Å². The minimum Gasteiger partial charge on any atom is -0.342 e. The third-order valence-electron chi connectivity index (χ3n) is 5.49. The van der Waals surface area contributed by atoms with Crippen LogP contribution in [0.2, 0.25) is 0 Å². The Morgan fingerprint density at radius 2 is 2.00 bits per heavy atom. The fourth-order valence-electron chi connectivity index (χ4n) is 3.92. The first-order valence-corrected chi connectivity index (χ1v) is 9.99.